The highest BCUT2D eigenvalue weighted by molar-refractivity contribution is 7.99. The van der Waals surface area contributed by atoms with E-state index in [0.717, 1.165) is 38.1 Å². The summed E-state index contributed by atoms with van der Waals surface area (Å²) in [6.45, 7) is 0.573. The van der Waals surface area contributed by atoms with Gasteiger partial charge in [0.2, 0.25) is 0 Å². The minimum absolute atomic E-state index is 0.193. The molecule has 168 valence electrons. The van der Waals surface area contributed by atoms with Gasteiger partial charge in [0.05, 0.1) is 29.5 Å². The molecule has 0 atom stereocenters. The van der Waals surface area contributed by atoms with Crippen molar-refractivity contribution < 1.29 is 4.79 Å². The van der Waals surface area contributed by atoms with Crippen LogP contribution in [0.5, 0.6) is 0 Å². The number of benzene rings is 4. The predicted molar refractivity (Wildman–Crippen MR) is 141 cm³/mol. The number of rotatable bonds is 7. The van der Waals surface area contributed by atoms with E-state index >= 15 is 0 Å². The fraction of sp³-hybridized carbons (Fsp3) is 0.0741. The second-order valence-corrected chi connectivity index (χ2v) is 9.06. The fourth-order valence-electron chi connectivity index (χ4n) is 3.81. The summed E-state index contributed by atoms with van der Waals surface area (Å²) in [7, 11) is 0. The minimum atomic E-state index is -0.196. The van der Waals surface area contributed by atoms with E-state index in [1.54, 1.807) is 6.21 Å². The van der Waals surface area contributed by atoms with Gasteiger partial charge in [-0.2, -0.15) is 5.10 Å². The van der Waals surface area contributed by atoms with Gasteiger partial charge < -0.3 is 4.57 Å². The summed E-state index contributed by atoms with van der Waals surface area (Å²) < 4.78 is 2.09. The first kappa shape index (κ1) is 22.2. The number of imidazole rings is 1. The number of halogens is 1. The summed E-state index contributed by atoms with van der Waals surface area (Å²) >= 11 is 7.77. The third kappa shape index (κ3) is 4.83. The lowest BCUT2D eigenvalue weighted by Crippen LogP contribution is -2.20. The van der Waals surface area contributed by atoms with Crippen LogP contribution in [-0.4, -0.2) is 27.4 Å². The van der Waals surface area contributed by atoms with E-state index in [9.17, 15) is 4.79 Å². The number of hydrogen-bond acceptors (Lipinski definition) is 4. The van der Waals surface area contributed by atoms with Gasteiger partial charge in [-0.15, -0.1) is 0 Å². The molecular formula is C27H21ClN4OS. The summed E-state index contributed by atoms with van der Waals surface area (Å²) in [5.74, 6) is -0.00327. The van der Waals surface area contributed by atoms with Crippen LogP contribution >= 0.6 is 23.4 Å². The van der Waals surface area contributed by atoms with Crippen LogP contribution in [0.1, 0.15) is 11.1 Å². The molecule has 5 nitrogen and oxygen atoms in total. The fourth-order valence-corrected chi connectivity index (χ4v) is 4.81. The molecule has 5 rings (SSSR count). The van der Waals surface area contributed by atoms with Crippen LogP contribution in [0, 0.1) is 0 Å². The lowest BCUT2D eigenvalue weighted by Gasteiger charge is -2.10. The van der Waals surface area contributed by atoms with E-state index in [1.807, 2.05) is 78.9 Å². The number of amides is 1. The molecule has 0 unspecified atom stereocenters. The molecule has 34 heavy (non-hydrogen) atoms. The number of para-hydroxylation sites is 2. The molecule has 5 aromatic rings. The summed E-state index contributed by atoms with van der Waals surface area (Å²) in [6.07, 6.45) is 1.68. The Balaban J connectivity index is 1.29. The number of carbonyl (C=O) groups is 1. The third-order valence-corrected chi connectivity index (χ3v) is 6.80. The molecule has 0 bridgehead atoms. The van der Waals surface area contributed by atoms with Crippen LogP contribution in [0.4, 0.5) is 0 Å². The summed E-state index contributed by atoms with van der Waals surface area (Å²) in [5, 5.41) is 7.85. The largest absolute Gasteiger partial charge is 0.314 e. The maximum absolute atomic E-state index is 12.5. The zero-order chi connectivity index (χ0) is 23.3. The van der Waals surface area contributed by atoms with Crippen LogP contribution < -0.4 is 5.43 Å². The van der Waals surface area contributed by atoms with Gasteiger partial charge in [0.25, 0.3) is 5.91 Å². The van der Waals surface area contributed by atoms with Crippen molar-refractivity contribution in [1.82, 2.24) is 15.0 Å². The number of hydrazone groups is 1. The SMILES string of the molecule is O=C(CSc1nc2ccccc2n1Cc1ccccc1Cl)NN=Cc1cccc2ccccc12. The first-order chi connectivity index (χ1) is 16.7. The van der Waals surface area contributed by atoms with Crippen LogP contribution in [0.3, 0.4) is 0 Å². The van der Waals surface area contributed by atoms with Crippen molar-refractivity contribution >= 4 is 57.3 Å². The minimum Gasteiger partial charge on any atom is -0.314 e. The number of thioether (sulfide) groups is 1. The van der Waals surface area contributed by atoms with Gasteiger partial charge in [-0.3, -0.25) is 4.79 Å². The van der Waals surface area contributed by atoms with Gasteiger partial charge in [-0.1, -0.05) is 96.2 Å². The lowest BCUT2D eigenvalue weighted by molar-refractivity contribution is -0.118. The average molecular weight is 485 g/mol. The Morgan fingerprint density at radius 1 is 0.971 bits per heavy atom. The Kier molecular flexibility index (Phi) is 6.60. The van der Waals surface area contributed by atoms with Crippen molar-refractivity contribution in [3.63, 3.8) is 0 Å². The Labute approximate surface area is 206 Å². The van der Waals surface area contributed by atoms with Crippen molar-refractivity contribution in [2.45, 2.75) is 11.7 Å². The number of hydrogen-bond donors (Lipinski definition) is 1. The van der Waals surface area contributed by atoms with Crippen LogP contribution in [0.15, 0.2) is 101 Å². The molecular weight excluding hydrogens is 464 g/mol. The summed E-state index contributed by atoms with van der Waals surface area (Å²) in [4.78, 5) is 17.2. The predicted octanol–water partition coefficient (Wildman–Crippen LogP) is 6.13. The molecule has 1 aromatic heterocycles. The highest BCUT2D eigenvalue weighted by Gasteiger charge is 2.14. The zero-order valence-corrected chi connectivity index (χ0v) is 19.8. The highest BCUT2D eigenvalue weighted by atomic mass is 35.5. The topological polar surface area (TPSA) is 59.3 Å². The van der Waals surface area contributed by atoms with Gasteiger partial charge in [-0.05, 0) is 34.5 Å². The standard InChI is InChI=1S/C27H21ClN4OS/c28-23-13-4-2-9-21(23)17-32-25-15-6-5-14-24(25)30-27(32)34-18-26(33)31-29-16-20-11-7-10-19-8-1-3-12-22(19)20/h1-16H,17-18H2,(H,31,33). The van der Waals surface area contributed by atoms with Crippen LogP contribution in [0.25, 0.3) is 21.8 Å². The van der Waals surface area contributed by atoms with E-state index in [-0.39, 0.29) is 11.7 Å². The second-order valence-electron chi connectivity index (χ2n) is 7.71. The molecule has 1 amide bonds. The number of fused-ring (bicyclic) bond motifs is 2. The quantitative estimate of drug-likeness (QED) is 0.172. The van der Waals surface area contributed by atoms with Gasteiger partial charge >= 0.3 is 0 Å². The molecule has 0 saturated heterocycles. The molecule has 1 heterocycles. The number of aromatic nitrogens is 2. The highest BCUT2D eigenvalue weighted by Crippen LogP contribution is 2.27. The summed E-state index contributed by atoms with van der Waals surface area (Å²) in [6, 6.07) is 29.8. The van der Waals surface area contributed by atoms with Gasteiger partial charge in [0.1, 0.15) is 0 Å². The molecule has 0 aliphatic heterocycles. The van der Waals surface area contributed by atoms with Gasteiger partial charge in [0.15, 0.2) is 5.16 Å². The average Bonchev–Trinajstić information content (AvgIpc) is 3.21. The van der Waals surface area contributed by atoms with Crippen molar-refractivity contribution in [2.24, 2.45) is 5.10 Å². The molecule has 0 radical (unpaired) electrons. The van der Waals surface area contributed by atoms with E-state index in [4.69, 9.17) is 16.6 Å². The van der Waals surface area contributed by atoms with E-state index < -0.39 is 0 Å². The Morgan fingerprint density at radius 3 is 2.65 bits per heavy atom. The number of nitrogens with zero attached hydrogens (tertiary/aromatic N) is 3. The second kappa shape index (κ2) is 10.1. The van der Waals surface area contributed by atoms with Crippen LogP contribution in [0.2, 0.25) is 5.02 Å². The number of nitrogens with one attached hydrogen (secondary N) is 1. The number of carbonyl (C=O) groups excluding carboxylic acids is 1. The molecule has 0 aliphatic carbocycles. The molecule has 1 N–H and O–H groups in total. The molecule has 7 heteroatoms. The summed E-state index contributed by atoms with van der Waals surface area (Å²) in [5.41, 5.74) is 6.46. The van der Waals surface area contributed by atoms with Crippen molar-refractivity contribution in [2.75, 3.05) is 5.75 Å². The molecule has 0 aliphatic rings. The molecule has 0 fully saturated rings. The van der Waals surface area contributed by atoms with Crippen molar-refractivity contribution in [3.8, 4) is 0 Å². The normalized spacial score (nSPS) is 11.4. The zero-order valence-electron chi connectivity index (χ0n) is 18.2. The maximum atomic E-state index is 12.5. The third-order valence-electron chi connectivity index (χ3n) is 5.45. The Hall–Kier alpha value is -3.61. The van der Waals surface area contributed by atoms with E-state index in [2.05, 4.69) is 27.2 Å². The lowest BCUT2D eigenvalue weighted by atomic mass is 10.1. The van der Waals surface area contributed by atoms with Crippen molar-refractivity contribution in [1.29, 1.82) is 0 Å². The molecule has 4 aromatic carbocycles. The van der Waals surface area contributed by atoms with Crippen LogP contribution in [-0.2, 0) is 11.3 Å². The Morgan fingerprint density at radius 2 is 1.74 bits per heavy atom. The van der Waals surface area contributed by atoms with E-state index in [1.165, 1.54) is 11.8 Å². The van der Waals surface area contributed by atoms with Gasteiger partial charge in [0, 0.05) is 10.6 Å². The molecule has 0 spiro atoms. The Bertz CT molecular complexity index is 1510. The molecule has 0 saturated carbocycles. The van der Waals surface area contributed by atoms with E-state index in [0.29, 0.717) is 11.6 Å². The maximum Gasteiger partial charge on any atom is 0.250 e. The monoisotopic (exact) mass is 484 g/mol. The smallest absolute Gasteiger partial charge is 0.250 e. The first-order valence-electron chi connectivity index (χ1n) is 10.8. The van der Waals surface area contributed by atoms with Crippen molar-refractivity contribution in [3.05, 3.63) is 107 Å². The van der Waals surface area contributed by atoms with Gasteiger partial charge in [-0.25, -0.2) is 10.4 Å². The first-order valence-corrected chi connectivity index (χ1v) is 12.2.